The van der Waals surface area contributed by atoms with E-state index < -0.39 is 22.9 Å². The number of nitrogens with zero attached hydrogens (tertiary/aromatic N) is 2. The molecule has 0 aliphatic carbocycles. The molecule has 0 spiro atoms. The lowest BCUT2D eigenvalue weighted by molar-refractivity contribution is 0.0686. The molecular weight excluding hydrogens is 275 g/mol. The SMILES string of the molecule is Cc1cn(-c2ccc(Cl)cc2F)nc(C(=O)O)c1=O. The summed E-state index contributed by atoms with van der Waals surface area (Å²) in [5.41, 5.74) is -1.19. The number of rotatable bonds is 2. The first-order valence-electron chi connectivity index (χ1n) is 5.19. The van der Waals surface area contributed by atoms with Gasteiger partial charge in [-0.05, 0) is 25.1 Å². The summed E-state index contributed by atoms with van der Waals surface area (Å²) in [6.45, 7) is 1.43. The van der Waals surface area contributed by atoms with Crippen molar-refractivity contribution in [2.45, 2.75) is 6.92 Å². The van der Waals surface area contributed by atoms with Crippen molar-refractivity contribution in [3.63, 3.8) is 0 Å². The highest BCUT2D eigenvalue weighted by Crippen LogP contribution is 2.17. The van der Waals surface area contributed by atoms with Gasteiger partial charge < -0.3 is 5.11 Å². The minimum absolute atomic E-state index is 0.00926. The van der Waals surface area contributed by atoms with E-state index in [0.29, 0.717) is 0 Å². The number of aromatic carboxylic acids is 1. The van der Waals surface area contributed by atoms with Crippen molar-refractivity contribution in [2.24, 2.45) is 0 Å². The molecule has 2 rings (SSSR count). The van der Waals surface area contributed by atoms with Crippen LogP contribution in [0.2, 0.25) is 5.02 Å². The van der Waals surface area contributed by atoms with Gasteiger partial charge in [0.15, 0.2) is 0 Å². The number of carbonyl (C=O) groups is 1. The lowest BCUT2D eigenvalue weighted by Gasteiger charge is -2.08. The van der Waals surface area contributed by atoms with Gasteiger partial charge >= 0.3 is 5.97 Å². The molecule has 5 nitrogen and oxygen atoms in total. The molecule has 7 heteroatoms. The standard InChI is InChI=1S/C12H8ClFN2O3/c1-6-5-16(15-10(11(6)17)12(18)19)9-3-2-7(13)4-8(9)14/h2-5H,1H3,(H,18,19). The van der Waals surface area contributed by atoms with Crippen LogP contribution in [0.4, 0.5) is 4.39 Å². The summed E-state index contributed by atoms with van der Waals surface area (Å²) in [7, 11) is 0. The molecule has 0 atom stereocenters. The van der Waals surface area contributed by atoms with Crippen LogP contribution in [0.15, 0.2) is 29.2 Å². The fourth-order valence-corrected chi connectivity index (χ4v) is 1.70. The van der Waals surface area contributed by atoms with E-state index in [0.717, 1.165) is 10.7 Å². The summed E-state index contributed by atoms with van der Waals surface area (Å²) < 4.78 is 14.7. The fourth-order valence-electron chi connectivity index (χ4n) is 1.54. The summed E-state index contributed by atoms with van der Waals surface area (Å²) in [5, 5.41) is 12.7. The van der Waals surface area contributed by atoms with Crippen LogP contribution in [0.3, 0.4) is 0 Å². The second kappa shape index (κ2) is 4.81. The number of carboxylic acids is 1. The zero-order chi connectivity index (χ0) is 14.2. The monoisotopic (exact) mass is 282 g/mol. The van der Waals surface area contributed by atoms with Gasteiger partial charge in [0.1, 0.15) is 11.5 Å². The Labute approximate surface area is 111 Å². The molecule has 0 saturated carbocycles. The maximum Gasteiger partial charge on any atom is 0.360 e. The van der Waals surface area contributed by atoms with E-state index in [1.807, 2.05) is 0 Å². The van der Waals surface area contributed by atoms with Gasteiger partial charge in [0.05, 0.1) is 0 Å². The lowest BCUT2D eigenvalue weighted by atomic mass is 10.2. The third-order valence-electron chi connectivity index (χ3n) is 2.46. The highest BCUT2D eigenvalue weighted by Gasteiger charge is 2.15. The average Bonchev–Trinajstić information content (AvgIpc) is 2.32. The van der Waals surface area contributed by atoms with E-state index >= 15 is 0 Å². The van der Waals surface area contributed by atoms with Crippen molar-refractivity contribution in [2.75, 3.05) is 0 Å². The van der Waals surface area contributed by atoms with Crippen LogP contribution >= 0.6 is 11.6 Å². The quantitative estimate of drug-likeness (QED) is 0.915. The molecule has 19 heavy (non-hydrogen) atoms. The summed E-state index contributed by atoms with van der Waals surface area (Å²) in [5.74, 6) is -2.13. The number of aromatic nitrogens is 2. The summed E-state index contributed by atoms with van der Waals surface area (Å²) >= 11 is 5.63. The van der Waals surface area contributed by atoms with E-state index in [2.05, 4.69) is 5.10 Å². The van der Waals surface area contributed by atoms with Crippen LogP contribution in [-0.4, -0.2) is 20.9 Å². The predicted octanol–water partition coefficient (Wildman–Crippen LogP) is 2.03. The molecule has 0 radical (unpaired) electrons. The number of benzene rings is 1. The molecule has 1 heterocycles. The van der Waals surface area contributed by atoms with Gasteiger partial charge in [0.2, 0.25) is 11.1 Å². The van der Waals surface area contributed by atoms with Crippen molar-refractivity contribution in [1.82, 2.24) is 9.78 Å². The fraction of sp³-hybridized carbons (Fsp3) is 0.0833. The van der Waals surface area contributed by atoms with Gasteiger partial charge in [-0.25, -0.2) is 13.9 Å². The summed E-state index contributed by atoms with van der Waals surface area (Å²) in [6, 6.07) is 3.86. The first-order valence-corrected chi connectivity index (χ1v) is 5.57. The Balaban J connectivity index is 2.70. The highest BCUT2D eigenvalue weighted by atomic mass is 35.5. The molecule has 1 aromatic heterocycles. The molecule has 0 saturated heterocycles. The van der Waals surface area contributed by atoms with Crippen LogP contribution in [0.25, 0.3) is 5.69 Å². The number of aryl methyl sites for hydroxylation is 1. The van der Waals surface area contributed by atoms with Crippen molar-refractivity contribution in [3.8, 4) is 5.69 Å². The molecule has 0 bridgehead atoms. The molecule has 2 aromatic rings. The molecule has 0 aliphatic heterocycles. The number of carboxylic acid groups (broad SMARTS) is 1. The Bertz CT molecular complexity index is 727. The number of halogens is 2. The normalized spacial score (nSPS) is 10.5. The molecule has 0 aliphatic rings. The second-order valence-electron chi connectivity index (χ2n) is 3.84. The minimum Gasteiger partial charge on any atom is -0.476 e. The third kappa shape index (κ3) is 2.48. The van der Waals surface area contributed by atoms with Crippen LogP contribution in [0, 0.1) is 12.7 Å². The Morgan fingerprint density at radius 3 is 2.74 bits per heavy atom. The number of hydrogen-bond acceptors (Lipinski definition) is 3. The molecular formula is C12H8ClFN2O3. The van der Waals surface area contributed by atoms with Crippen LogP contribution < -0.4 is 5.43 Å². The topological polar surface area (TPSA) is 72.2 Å². The molecule has 0 unspecified atom stereocenters. The maximum absolute atomic E-state index is 13.7. The minimum atomic E-state index is -1.46. The van der Waals surface area contributed by atoms with Crippen LogP contribution in [-0.2, 0) is 0 Å². The number of hydrogen-bond donors (Lipinski definition) is 1. The summed E-state index contributed by atoms with van der Waals surface area (Å²) in [4.78, 5) is 22.5. The molecule has 98 valence electrons. The Hall–Kier alpha value is -2.21. The summed E-state index contributed by atoms with van der Waals surface area (Å²) in [6.07, 6.45) is 1.26. The second-order valence-corrected chi connectivity index (χ2v) is 4.27. The zero-order valence-corrected chi connectivity index (χ0v) is 10.5. The van der Waals surface area contributed by atoms with Gasteiger partial charge in [0, 0.05) is 16.8 Å². The molecule has 1 N–H and O–H groups in total. The van der Waals surface area contributed by atoms with Crippen molar-refractivity contribution >= 4 is 17.6 Å². The highest BCUT2D eigenvalue weighted by molar-refractivity contribution is 6.30. The lowest BCUT2D eigenvalue weighted by Crippen LogP contribution is -2.23. The van der Waals surface area contributed by atoms with E-state index in [-0.39, 0.29) is 16.3 Å². The molecule has 0 amide bonds. The van der Waals surface area contributed by atoms with Gasteiger partial charge in [-0.3, -0.25) is 4.79 Å². The largest absolute Gasteiger partial charge is 0.476 e. The molecule has 1 aromatic carbocycles. The Kier molecular flexibility index (Phi) is 3.35. The van der Waals surface area contributed by atoms with Crippen molar-refractivity contribution in [1.29, 1.82) is 0 Å². The average molecular weight is 283 g/mol. The van der Waals surface area contributed by atoms with Gasteiger partial charge in [-0.15, -0.1) is 0 Å². The Morgan fingerprint density at radius 2 is 2.16 bits per heavy atom. The van der Waals surface area contributed by atoms with Crippen LogP contribution in [0.5, 0.6) is 0 Å². The first kappa shape index (κ1) is 13.2. The smallest absolute Gasteiger partial charge is 0.360 e. The Morgan fingerprint density at radius 1 is 1.47 bits per heavy atom. The van der Waals surface area contributed by atoms with Crippen molar-refractivity contribution < 1.29 is 14.3 Å². The third-order valence-corrected chi connectivity index (χ3v) is 2.69. The van der Waals surface area contributed by atoms with Gasteiger partial charge in [0.25, 0.3) is 0 Å². The van der Waals surface area contributed by atoms with Gasteiger partial charge in [-0.2, -0.15) is 5.10 Å². The zero-order valence-electron chi connectivity index (χ0n) is 9.72. The first-order chi connectivity index (χ1) is 8.90. The van der Waals surface area contributed by atoms with Crippen LogP contribution in [0.1, 0.15) is 16.1 Å². The molecule has 0 fully saturated rings. The van der Waals surface area contributed by atoms with Crippen molar-refractivity contribution in [3.05, 3.63) is 56.7 Å². The van der Waals surface area contributed by atoms with E-state index in [9.17, 15) is 14.0 Å². The van der Waals surface area contributed by atoms with E-state index in [1.165, 1.54) is 25.3 Å². The predicted molar refractivity (Wildman–Crippen MR) is 66.5 cm³/mol. The van der Waals surface area contributed by atoms with E-state index in [4.69, 9.17) is 16.7 Å². The van der Waals surface area contributed by atoms with E-state index in [1.54, 1.807) is 0 Å². The maximum atomic E-state index is 13.7. The van der Waals surface area contributed by atoms with Gasteiger partial charge in [-0.1, -0.05) is 11.6 Å².